The van der Waals surface area contributed by atoms with Crippen LogP contribution in [0, 0.1) is 0 Å². The van der Waals surface area contributed by atoms with Gasteiger partial charge in [0.2, 0.25) is 15.9 Å². The van der Waals surface area contributed by atoms with E-state index in [1.54, 1.807) is 36.4 Å². The first-order chi connectivity index (χ1) is 15.9. The first kappa shape index (κ1) is 23.3. The van der Waals surface area contributed by atoms with Gasteiger partial charge in [0, 0.05) is 6.04 Å². The molecule has 0 N–H and O–H groups in total. The molecular weight excluding hydrogens is 444 g/mol. The Bertz CT molecular complexity index is 1110. The molecule has 2 fully saturated rings. The number of hydrogen-bond acceptors (Lipinski definition) is 6. The van der Waals surface area contributed by atoms with Crippen molar-refractivity contribution in [3.05, 3.63) is 48.5 Å². The molecule has 1 unspecified atom stereocenters. The van der Waals surface area contributed by atoms with Crippen molar-refractivity contribution in [3.8, 4) is 11.5 Å². The lowest BCUT2D eigenvalue weighted by atomic mass is 9.94. The van der Waals surface area contributed by atoms with Crippen molar-refractivity contribution in [2.24, 2.45) is 0 Å². The van der Waals surface area contributed by atoms with E-state index in [2.05, 4.69) is 0 Å². The Hall–Kier alpha value is -2.91. The highest BCUT2D eigenvalue weighted by atomic mass is 32.2. The molecule has 1 atom stereocenters. The Morgan fingerprint density at radius 1 is 0.848 bits per heavy atom. The van der Waals surface area contributed by atoms with Gasteiger partial charge in [0.1, 0.15) is 17.5 Å². The van der Waals surface area contributed by atoms with Crippen molar-refractivity contribution in [1.29, 1.82) is 0 Å². The third-order valence-electron chi connectivity index (χ3n) is 6.33. The van der Waals surface area contributed by atoms with Gasteiger partial charge < -0.3 is 9.47 Å². The van der Waals surface area contributed by atoms with Crippen LogP contribution in [0.5, 0.6) is 11.5 Å². The molecule has 2 amide bonds. The summed E-state index contributed by atoms with van der Waals surface area (Å²) in [6, 6.07) is 11.3. The topological polar surface area (TPSA) is 93.2 Å². The third-order valence-corrected chi connectivity index (χ3v) is 8.31. The average Bonchev–Trinajstić information content (AvgIpc) is 3.13. The second-order valence-corrected chi connectivity index (χ2v) is 10.1. The molecule has 0 aromatic heterocycles. The Morgan fingerprint density at radius 3 is 1.94 bits per heavy atom. The summed E-state index contributed by atoms with van der Waals surface area (Å²) < 4.78 is 39.2. The van der Waals surface area contributed by atoms with Crippen LogP contribution < -0.4 is 14.4 Å². The molecule has 0 bridgehead atoms. The standard InChI is InChI=1S/C24H28N2O6S/c1-31-19-10-8-17(9-11-19)25-23(27)16-22(24(25)28)26(18-6-4-3-5-7-18)33(29,30)21-14-12-20(32-2)13-15-21/h8-15,18,22H,3-7,16H2,1-2H3. The molecule has 1 saturated heterocycles. The van der Waals surface area contributed by atoms with Gasteiger partial charge in [-0.3, -0.25) is 9.59 Å². The number of methoxy groups -OCH3 is 2. The van der Waals surface area contributed by atoms with Gasteiger partial charge in [-0.1, -0.05) is 19.3 Å². The molecule has 9 heteroatoms. The molecule has 176 valence electrons. The summed E-state index contributed by atoms with van der Waals surface area (Å²) in [5.74, 6) is 0.199. The van der Waals surface area contributed by atoms with Crippen LogP contribution >= 0.6 is 0 Å². The maximum Gasteiger partial charge on any atom is 0.252 e. The molecule has 4 rings (SSSR count). The van der Waals surface area contributed by atoms with Crippen molar-refractivity contribution in [1.82, 2.24) is 4.31 Å². The smallest absolute Gasteiger partial charge is 0.252 e. The van der Waals surface area contributed by atoms with Gasteiger partial charge in [-0.05, 0) is 61.4 Å². The van der Waals surface area contributed by atoms with Gasteiger partial charge in [0.15, 0.2) is 0 Å². The van der Waals surface area contributed by atoms with E-state index in [-0.39, 0.29) is 17.4 Å². The number of carbonyl (C=O) groups is 2. The lowest BCUT2D eigenvalue weighted by Gasteiger charge is -2.36. The van der Waals surface area contributed by atoms with Gasteiger partial charge in [-0.2, -0.15) is 4.31 Å². The maximum atomic E-state index is 13.8. The van der Waals surface area contributed by atoms with Gasteiger partial charge in [0.25, 0.3) is 5.91 Å². The van der Waals surface area contributed by atoms with E-state index in [9.17, 15) is 18.0 Å². The number of anilines is 1. The fourth-order valence-corrected chi connectivity index (χ4v) is 6.47. The molecule has 8 nitrogen and oxygen atoms in total. The Balaban J connectivity index is 1.71. The predicted octanol–water partition coefficient (Wildman–Crippen LogP) is 3.36. The average molecular weight is 473 g/mol. The molecule has 33 heavy (non-hydrogen) atoms. The van der Waals surface area contributed by atoms with Gasteiger partial charge in [-0.25, -0.2) is 13.3 Å². The number of nitrogens with zero attached hydrogens (tertiary/aromatic N) is 2. The number of benzene rings is 2. The third kappa shape index (κ3) is 4.47. The minimum atomic E-state index is -4.02. The predicted molar refractivity (Wildman–Crippen MR) is 123 cm³/mol. The largest absolute Gasteiger partial charge is 0.497 e. The lowest BCUT2D eigenvalue weighted by Crippen LogP contribution is -2.51. The summed E-state index contributed by atoms with van der Waals surface area (Å²) in [6.45, 7) is 0. The number of hydrogen-bond donors (Lipinski definition) is 0. The summed E-state index contributed by atoms with van der Waals surface area (Å²) in [5.41, 5.74) is 0.402. The SMILES string of the molecule is COc1ccc(N2C(=O)CC(N(C3CCCCC3)S(=O)(=O)c3ccc(OC)cc3)C2=O)cc1. The molecule has 2 aliphatic rings. The Morgan fingerprint density at radius 2 is 1.39 bits per heavy atom. The highest BCUT2D eigenvalue weighted by Crippen LogP contribution is 2.35. The summed E-state index contributed by atoms with van der Waals surface area (Å²) in [4.78, 5) is 27.6. The van der Waals surface area contributed by atoms with E-state index >= 15 is 0 Å². The minimum Gasteiger partial charge on any atom is -0.497 e. The molecule has 2 aromatic carbocycles. The zero-order chi connectivity index (χ0) is 23.6. The fraction of sp³-hybridized carbons (Fsp3) is 0.417. The van der Waals surface area contributed by atoms with Crippen LogP contribution in [0.15, 0.2) is 53.4 Å². The van der Waals surface area contributed by atoms with Crippen molar-refractivity contribution in [3.63, 3.8) is 0 Å². The molecule has 0 spiro atoms. The number of carbonyl (C=O) groups excluding carboxylic acids is 2. The van der Waals surface area contributed by atoms with Crippen LogP contribution in [0.25, 0.3) is 0 Å². The van der Waals surface area contributed by atoms with Crippen LogP contribution in [0.1, 0.15) is 38.5 Å². The summed E-state index contributed by atoms with van der Waals surface area (Å²) in [6.07, 6.45) is 3.94. The maximum absolute atomic E-state index is 13.8. The van der Waals surface area contributed by atoms with Crippen LogP contribution in [0.2, 0.25) is 0 Å². The van der Waals surface area contributed by atoms with Gasteiger partial charge >= 0.3 is 0 Å². The second-order valence-electron chi connectivity index (χ2n) is 8.29. The molecule has 1 aliphatic heterocycles. The van der Waals surface area contributed by atoms with E-state index < -0.39 is 27.9 Å². The minimum absolute atomic E-state index is 0.0806. The first-order valence-corrected chi connectivity index (χ1v) is 12.5. The van der Waals surface area contributed by atoms with Crippen molar-refractivity contribution in [2.45, 2.75) is 55.5 Å². The number of amides is 2. The molecular formula is C24H28N2O6S. The second kappa shape index (κ2) is 9.52. The molecule has 1 aliphatic carbocycles. The summed E-state index contributed by atoms with van der Waals surface area (Å²) >= 11 is 0. The molecule has 0 radical (unpaired) electrons. The van der Waals surface area contributed by atoms with Crippen LogP contribution in [-0.2, 0) is 19.6 Å². The molecule has 1 heterocycles. The van der Waals surface area contributed by atoms with Crippen LogP contribution in [0.4, 0.5) is 5.69 Å². The summed E-state index contributed by atoms with van der Waals surface area (Å²) in [5, 5.41) is 0. The Labute approximate surface area is 194 Å². The number of imide groups is 1. The highest BCUT2D eigenvalue weighted by molar-refractivity contribution is 7.89. The van der Waals surface area contributed by atoms with E-state index in [0.29, 0.717) is 30.0 Å². The van der Waals surface area contributed by atoms with Crippen molar-refractivity contribution in [2.75, 3.05) is 19.1 Å². The van der Waals surface area contributed by atoms with Gasteiger partial charge in [0.05, 0.1) is 31.2 Å². The number of rotatable bonds is 7. The monoisotopic (exact) mass is 472 g/mol. The van der Waals surface area contributed by atoms with Crippen molar-refractivity contribution >= 4 is 27.5 Å². The van der Waals surface area contributed by atoms with E-state index in [1.165, 1.54) is 30.7 Å². The van der Waals surface area contributed by atoms with E-state index in [4.69, 9.17) is 9.47 Å². The van der Waals surface area contributed by atoms with Crippen LogP contribution in [0.3, 0.4) is 0 Å². The normalized spacial score (nSPS) is 19.8. The fourth-order valence-electron chi connectivity index (χ4n) is 4.64. The first-order valence-electron chi connectivity index (χ1n) is 11.0. The number of ether oxygens (including phenoxy) is 2. The molecule has 2 aromatic rings. The van der Waals surface area contributed by atoms with Gasteiger partial charge in [-0.15, -0.1) is 0 Å². The highest BCUT2D eigenvalue weighted by Gasteiger charge is 2.49. The Kier molecular flexibility index (Phi) is 6.71. The van der Waals surface area contributed by atoms with E-state index in [0.717, 1.165) is 24.2 Å². The zero-order valence-electron chi connectivity index (χ0n) is 18.8. The lowest BCUT2D eigenvalue weighted by molar-refractivity contribution is -0.122. The van der Waals surface area contributed by atoms with E-state index in [1.807, 2.05) is 0 Å². The van der Waals surface area contributed by atoms with Crippen molar-refractivity contribution < 1.29 is 27.5 Å². The molecule has 1 saturated carbocycles. The number of sulfonamides is 1. The zero-order valence-corrected chi connectivity index (χ0v) is 19.6. The quantitative estimate of drug-likeness (QED) is 0.574. The summed E-state index contributed by atoms with van der Waals surface area (Å²) in [7, 11) is -0.984. The van der Waals surface area contributed by atoms with Crippen LogP contribution in [-0.4, -0.2) is 50.8 Å².